The summed E-state index contributed by atoms with van der Waals surface area (Å²) < 4.78 is 1.18. The average molecular weight is 520 g/mol. The molecule has 10 nitrogen and oxygen atoms in total. The SMILES string of the molecule is O=C(O)CC(NC(=O)Cn1c(Cc2ccccc2)ccc(NC(=O)CCc2ccccc2)c1=O)C(=O)CO. The van der Waals surface area contributed by atoms with Gasteiger partial charge in [0.05, 0.1) is 6.42 Å². The van der Waals surface area contributed by atoms with E-state index in [1.165, 1.54) is 10.6 Å². The van der Waals surface area contributed by atoms with Gasteiger partial charge in [-0.15, -0.1) is 0 Å². The monoisotopic (exact) mass is 519 g/mol. The molecule has 0 fully saturated rings. The van der Waals surface area contributed by atoms with E-state index in [1.54, 1.807) is 6.07 Å². The summed E-state index contributed by atoms with van der Waals surface area (Å²) in [7, 11) is 0. The number of nitrogens with zero attached hydrogens (tertiary/aromatic N) is 1. The summed E-state index contributed by atoms with van der Waals surface area (Å²) in [4.78, 5) is 61.7. The van der Waals surface area contributed by atoms with E-state index in [-0.39, 0.29) is 18.0 Å². The molecule has 1 aromatic heterocycles. The Balaban J connectivity index is 1.83. The summed E-state index contributed by atoms with van der Waals surface area (Å²) in [5.41, 5.74) is 1.69. The molecule has 10 heteroatoms. The molecule has 0 aliphatic rings. The highest BCUT2D eigenvalue weighted by Crippen LogP contribution is 2.12. The van der Waals surface area contributed by atoms with Crippen LogP contribution < -0.4 is 16.2 Å². The third-order valence-electron chi connectivity index (χ3n) is 5.81. The van der Waals surface area contributed by atoms with E-state index < -0.39 is 48.8 Å². The van der Waals surface area contributed by atoms with Crippen molar-refractivity contribution in [3.63, 3.8) is 0 Å². The molecule has 2 amide bonds. The minimum absolute atomic E-state index is 0.0128. The average Bonchev–Trinajstić information content (AvgIpc) is 2.91. The molecule has 38 heavy (non-hydrogen) atoms. The number of rotatable bonds is 13. The molecule has 0 radical (unpaired) electrons. The van der Waals surface area contributed by atoms with Gasteiger partial charge in [0, 0.05) is 18.5 Å². The number of carboxylic acid groups (broad SMARTS) is 1. The number of benzene rings is 2. The maximum atomic E-state index is 13.3. The first-order valence-electron chi connectivity index (χ1n) is 12.0. The van der Waals surface area contributed by atoms with Crippen LogP contribution in [-0.2, 0) is 38.6 Å². The van der Waals surface area contributed by atoms with E-state index >= 15 is 0 Å². The number of carbonyl (C=O) groups excluding carboxylic acids is 3. The molecule has 0 aliphatic carbocycles. The number of pyridine rings is 1. The quantitative estimate of drug-likeness (QED) is 0.267. The lowest BCUT2D eigenvalue weighted by Crippen LogP contribution is -2.46. The fourth-order valence-corrected chi connectivity index (χ4v) is 3.87. The summed E-state index contributed by atoms with van der Waals surface area (Å²) in [6.07, 6.45) is 0.225. The Morgan fingerprint density at radius 1 is 0.842 bits per heavy atom. The van der Waals surface area contributed by atoms with Crippen LogP contribution in [-0.4, -0.2) is 51.0 Å². The van der Waals surface area contributed by atoms with Gasteiger partial charge in [0.25, 0.3) is 5.56 Å². The Morgan fingerprint density at radius 2 is 1.47 bits per heavy atom. The lowest BCUT2D eigenvalue weighted by molar-refractivity contribution is -0.140. The van der Waals surface area contributed by atoms with Gasteiger partial charge >= 0.3 is 5.97 Å². The second-order valence-corrected chi connectivity index (χ2v) is 8.67. The van der Waals surface area contributed by atoms with Crippen LogP contribution in [0.4, 0.5) is 5.69 Å². The summed E-state index contributed by atoms with van der Waals surface area (Å²) in [5.74, 6) is -3.36. The van der Waals surface area contributed by atoms with Gasteiger partial charge in [-0.05, 0) is 29.7 Å². The van der Waals surface area contributed by atoms with E-state index in [0.29, 0.717) is 18.5 Å². The standard InChI is InChI=1S/C28H29N3O7/c32-18-24(33)23(16-27(36)37)30-26(35)17-31-21(15-20-9-5-2-6-10-20)12-13-22(28(31)38)29-25(34)14-11-19-7-3-1-4-8-19/h1-10,12-13,23,32H,11,14-18H2,(H,29,34)(H,30,35)(H,36,37). The number of Topliss-reactive ketones (excluding diaryl/α,β-unsaturated/α-hetero) is 1. The molecule has 1 unspecified atom stereocenters. The number of aliphatic hydroxyl groups is 1. The molecule has 3 rings (SSSR count). The lowest BCUT2D eigenvalue weighted by Gasteiger charge is -2.18. The Hall–Kier alpha value is -4.57. The molecule has 0 saturated carbocycles. The second kappa shape index (κ2) is 13.7. The molecule has 3 aromatic rings. The van der Waals surface area contributed by atoms with Gasteiger partial charge in [-0.1, -0.05) is 60.7 Å². The van der Waals surface area contributed by atoms with E-state index in [2.05, 4.69) is 10.6 Å². The van der Waals surface area contributed by atoms with E-state index in [0.717, 1.165) is 11.1 Å². The number of ketones is 1. The Labute approximate surface area is 218 Å². The summed E-state index contributed by atoms with van der Waals surface area (Å²) >= 11 is 0. The second-order valence-electron chi connectivity index (χ2n) is 8.67. The molecular formula is C28H29N3O7. The number of carboxylic acids is 1. The van der Waals surface area contributed by atoms with Crippen molar-refractivity contribution in [3.05, 3.63) is 100.0 Å². The predicted octanol–water partition coefficient (Wildman–Crippen LogP) is 1.53. The highest BCUT2D eigenvalue weighted by molar-refractivity contribution is 5.93. The zero-order valence-electron chi connectivity index (χ0n) is 20.6. The van der Waals surface area contributed by atoms with Crippen molar-refractivity contribution in [2.24, 2.45) is 0 Å². The molecule has 0 aliphatic heterocycles. The Kier molecular flexibility index (Phi) is 10.1. The van der Waals surface area contributed by atoms with Crippen LogP contribution in [0.2, 0.25) is 0 Å². The largest absolute Gasteiger partial charge is 0.481 e. The fraction of sp³-hybridized carbons (Fsp3) is 0.250. The summed E-state index contributed by atoms with van der Waals surface area (Å²) in [5, 5.41) is 23.1. The number of hydrogen-bond donors (Lipinski definition) is 4. The van der Waals surface area contributed by atoms with Gasteiger partial charge in [-0.3, -0.25) is 24.0 Å². The zero-order chi connectivity index (χ0) is 27.5. The van der Waals surface area contributed by atoms with Crippen molar-refractivity contribution in [3.8, 4) is 0 Å². The number of nitrogens with one attached hydrogen (secondary N) is 2. The number of aromatic nitrogens is 1. The van der Waals surface area contributed by atoms with Crippen molar-refractivity contribution in [1.82, 2.24) is 9.88 Å². The number of aryl methyl sites for hydroxylation is 1. The molecule has 0 bridgehead atoms. The minimum atomic E-state index is -1.45. The van der Waals surface area contributed by atoms with Crippen LogP contribution in [0, 0.1) is 0 Å². The van der Waals surface area contributed by atoms with E-state index in [9.17, 15) is 24.0 Å². The summed E-state index contributed by atoms with van der Waals surface area (Å²) in [6.45, 7) is -1.47. The van der Waals surface area contributed by atoms with Gasteiger partial charge in [-0.2, -0.15) is 0 Å². The topological polar surface area (TPSA) is 155 Å². The van der Waals surface area contributed by atoms with Crippen LogP contribution >= 0.6 is 0 Å². The van der Waals surface area contributed by atoms with Gasteiger partial charge in [0.1, 0.15) is 24.9 Å². The Bertz CT molecular complexity index is 1340. The zero-order valence-corrected chi connectivity index (χ0v) is 20.6. The van der Waals surface area contributed by atoms with Crippen LogP contribution in [0.15, 0.2) is 77.6 Å². The third kappa shape index (κ3) is 8.24. The highest BCUT2D eigenvalue weighted by atomic mass is 16.4. The predicted molar refractivity (Wildman–Crippen MR) is 140 cm³/mol. The number of amides is 2. The highest BCUT2D eigenvalue weighted by Gasteiger charge is 2.24. The van der Waals surface area contributed by atoms with Gasteiger partial charge < -0.3 is 25.4 Å². The maximum Gasteiger partial charge on any atom is 0.305 e. The summed E-state index contributed by atoms with van der Waals surface area (Å²) in [6, 6.07) is 20.3. The fourth-order valence-electron chi connectivity index (χ4n) is 3.87. The molecule has 2 aromatic carbocycles. The first-order valence-corrected chi connectivity index (χ1v) is 12.0. The number of hydrogen-bond acceptors (Lipinski definition) is 6. The van der Waals surface area contributed by atoms with Crippen LogP contribution in [0.5, 0.6) is 0 Å². The van der Waals surface area contributed by atoms with Crippen molar-refractivity contribution >= 4 is 29.3 Å². The molecular weight excluding hydrogens is 490 g/mol. The van der Waals surface area contributed by atoms with Gasteiger partial charge in [-0.25, -0.2) is 0 Å². The number of aliphatic hydroxyl groups excluding tert-OH is 1. The van der Waals surface area contributed by atoms with Gasteiger partial charge in [0.2, 0.25) is 11.8 Å². The van der Waals surface area contributed by atoms with Crippen molar-refractivity contribution in [2.75, 3.05) is 11.9 Å². The molecule has 4 N–H and O–H groups in total. The smallest absolute Gasteiger partial charge is 0.305 e. The van der Waals surface area contributed by atoms with E-state index in [1.807, 2.05) is 60.7 Å². The number of aliphatic carboxylic acids is 1. The van der Waals surface area contributed by atoms with Crippen molar-refractivity contribution < 1.29 is 29.4 Å². The normalized spacial score (nSPS) is 11.4. The molecule has 0 saturated heterocycles. The van der Waals surface area contributed by atoms with Crippen molar-refractivity contribution in [1.29, 1.82) is 0 Å². The maximum absolute atomic E-state index is 13.3. The van der Waals surface area contributed by atoms with Crippen LogP contribution in [0.1, 0.15) is 29.7 Å². The van der Waals surface area contributed by atoms with Crippen LogP contribution in [0.25, 0.3) is 0 Å². The Morgan fingerprint density at radius 3 is 2.08 bits per heavy atom. The third-order valence-corrected chi connectivity index (χ3v) is 5.81. The first-order chi connectivity index (χ1) is 18.3. The lowest BCUT2D eigenvalue weighted by atomic mass is 10.1. The van der Waals surface area contributed by atoms with Crippen molar-refractivity contribution in [2.45, 2.75) is 38.3 Å². The van der Waals surface area contributed by atoms with Crippen LogP contribution in [0.3, 0.4) is 0 Å². The van der Waals surface area contributed by atoms with E-state index in [4.69, 9.17) is 10.2 Å². The minimum Gasteiger partial charge on any atom is -0.481 e. The first kappa shape index (κ1) is 28.0. The molecule has 1 atom stereocenters. The number of carbonyl (C=O) groups is 4. The van der Waals surface area contributed by atoms with Gasteiger partial charge in [0.15, 0.2) is 5.78 Å². The molecule has 198 valence electrons. The molecule has 1 heterocycles. The molecule has 0 spiro atoms. The number of anilines is 1.